The van der Waals surface area contributed by atoms with Gasteiger partial charge in [0.05, 0.1) is 5.52 Å². The molecule has 24 heavy (non-hydrogen) atoms. The van der Waals surface area contributed by atoms with Gasteiger partial charge in [-0.1, -0.05) is 19.9 Å². The predicted molar refractivity (Wildman–Crippen MR) is 95.7 cm³/mol. The molecule has 0 bridgehead atoms. The summed E-state index contributed by atoms with van der Waals surface area (Å²) in [7, 11) is 3.95. The van der Waals surface area contributed by atoms with Crippen molar-refractivity contribution in [2.24, 2.45) is 5.41 Å². The van der Waals surface area contributed by atoms with Crippen molar-refractivity contribution in [2.75, 3.05) is 32.5 Å². The molecule has 0 saturated heterocycles. The largest absolute Gasteiger partial charge is 0.347 e. The molecule has 6 nitrogen and oxygen atoms in total. The molecule has 0 aliphatic carbocycles. The first kappa shape index (κ1) is 17.9. The average Bonchev–Trinajstić information content (AvgIpc) is 2.51. The first-order valence-corrected chi connectivity index (χ1v) is 7.85. The number of hydrogen-bond donors (Lipinski definition) is 2. The molecule has 0 radical (unpaired) electrons. The van der Waals surface area contributed by atoms with Gasteiger partial charge in [0, 0.05) is 30.4 Å². The second-order valence-electron chi connectivity index (χ2n) is 6.95. The number of aromatic nitrogens is 1. The van der Waals surface area contributed by atoms with E-state index in [0.717, 1.165) is 17.4 Å². The van der Waals surface area contributed by atoms with Gasteiger partial charge < -0.3 is 15.5 Å². The van der Waals surface area contributed by atoms with E-state index in [2.05, 4.69) is 20.5 Å². The summed E-state index contributed by atoms with van der Waals surface area (Å²) in [5, 5.41) is 6.22. The minimum atomic E-state index is -0.668. The minimum Gasteiger partial charge on any atom is -0.347 e. The Morgan fingerprint density at radius 1 is 1.17 bits per heavy atom. The smallest absolute Gasteiger partial charge is 0.313 e. The number of benzene rings is 1. The second-order valence-corrected chi connectivity index (χ2v) is 6.95. The summed E-state index contributed by atoms with van der Waals surface area (Å²) in [4.78, 5) is 30.3. The number of hydrogen-bond acceptors (Lipinski definition) is 4. The van der Waals surface area contributed by atoms with Crippen molar-refractivity contribution in [3.05, 3.63) is 36.5 Å². The van der Waals surface area contributed by atoms with Gasteiger partial charge in [0.15, 0.2) is 0 Å². The van der Waals surface area contributed by atoms with Crippen molar-refractivity contribution in [1.82, 2.24) is 15.2 Å². The van der Waals surface area contributed by atoms with Crippen molar-refractivity contribution in [3.63, 3.8) is 0 Å². The lowest BCUT2D eigenvalue weighted by Gasteiger charge is -2.28. The van der Waals surface area contributed by atoms with Gasteiger partial charge in [0.1, 0.15) is 0 Å². The summed E-state index contributed by atoms with van der Waals surface area (Å²) in [5.74, 6) is -1.30. The molecule has 2 aromatic rings. The van der Waals surface area contributed by atoms with E-state index in [1.54, 1.807) is 18.3 Å². The molecule has 2 N–H and O–H groups in total. The highest BCUT2D eigenvalue weighted by Crippen LogP contribution is 2.17. The minimum absolute atomic E-state index is 0.117. The van der Waals surface area contributed by atoms with Crippen molar-refractivity contribution >= 4 is 28.4 Å². The molecule has 0 unspecified atom stereocenters. The van der Waals surface area contributed by atoms with Crippen molar-refractivity contribution < 1.29 is 9.59 Å². The fourth-order valence-electron chi connectivity index (χ4n) is 2.65. The van der Waals surface area contributed by atoms with Gasteiger partial charge in [-0.2, -0.15) is 0 Å². The lowest BCUT2D eigenvalue weighted by atomic mass is 9.93. The van der Waals surface area contributed by atoms with Crippen LogP contribution >= 0.6 is 0 Å². The monoisotopic (exact) mass is 328 g/mol. The number of rotatable bonds is 5. The maximum atomic E-state index is 12.0. The number of fused-ring (bicyclic) bond motifs is 1. The molecule has 0 aliphatic rings. The van der Waals surface area contributed by atoms with E-state index in [1.807, 2.05) is 46.1 Å². The predicted octanol–water partition coefficient (Wildman–Crippen LogP) is 1.88. The number of nitrogens with one attached hydrogen (secondary N) is 2. The first-order valence-electron chi connectivity index (χ1n) is 7.85. The molecule has 0 atom stereocenters. The number of amides is 2. The Hall–Kier alpha value is -2.47. The third-order valence-corrected chi connectivity index (χ3v) is 3.54. The SMILES string of the molecule is CN(C)CC(C)(C)CNC(=O)C(=O)Nc1ccc2ncccc2c1. The molecule has 0 fully saturated rings. The first-order chi connectivity index (χ1) is 11.3. The van der Waals surface area contributed by atoms with E-state index in [1.165, 1.54) is 0 Å². The van der Waals surface area contributed by atoms with Crippen LogP contribution in [0.2, 0.25) is 0 Å². The van der Waals surface area contributed by atoms with Crippen LogP contribution in [-0.2, 0) is 9.59 Å². The van der Waals surface area contributed by atoms with Crippen LogP contribution in [0.15, 0.2) is 36.5 Å². The Balaban J connectivity index is 1.94. The average molecular weight is 328 g/mol. The Morgan fingerprint density at radius 2 is 1.92 bits per heavy atom. The molecule has 2 rings (SSSR count). The van der Waals surface area contributed by atoms with Gasteiger partial charge in [0.2, 0.25) is 0 Å². The van der Waals surface area contributed by atoms with Crippen LogP contribution in [0.5, 0.6) is 0 Å². The van der Waals surface area contributed by atoms with Crippen LogP contribution in [-0.4, -0.2) is 48.9 Å². The zero-order chi connectivity index (χ0) is 17.7. The third-order valence-electron chi connectivity index (χ3n) is 3.54. The molecular formula is C18H24N4O2. The van der Waals surface area contributed by atoms with Crippen LogP contribution in [0.4, 0.5) is 5.69 Å². The molecule has 128 valence electrons. The topological polar surface area (TPSA) is 74.3 Å². The molecule has 0 saturated carbocycles. The summed E-state index contributed by atoms with van der Waals surface area (Å²) in [6, 6.07) is 9.07. The quantitative estimate of drug-likeness (QED) is 0.822. The summed E-state index contributed by atoms with van der Waals surface area (Å²) in [6.07, 6.45) is 1.71. The van der Waals surface area contributed by atoms with Crippen molar-refractivity contribution in [3.8, 4) is 0 Å². The van der Waals surface area contributed by atoms with Crippen molar-refractivity contribution in [2.45, 2.75) is 13.8 Å². The van der Waals surface area contributed by atoms with E-state index in [9.17, 15) is 9.59 Å². The Kier molecular flexibility index (Phi) is 5.51. The number of carbonyl (C=O) groups excluding carboxylic acids is 2. The van der Waals surface area contributed by atoms with Gasteiger partial charge in [0.25, 0.3) is 0 Å². The highest BCUT2D eigenvalue weighted by Gasteiger charge is 2.22. The number of anilines is 1. The standard InChI is InChI=1S/C18H24N4O2/c1-18(2,12-22(3)4)11-20-16(23)17(24)21-14-7-8-15-13(10-14)6-5-9-19-15/h5-10H,11-12H2,1-4H3,(H,20,23)(H,21,24). The molecular weight excluding hydrogens is 304 g/mol. The maximum absolute atomic E-state index is 12.0. The van der Waals surface area contributed by atoms with Gasteiger partial charge in [-0.05, 0) is 43.8 Å². The molecule has 2 amide bonds. The lowest BCUT2D eigenvalue weighted by molar-refractivity contribution is -0.136. The molecule has 6 heteroatoms. The molecule has 1 aromatic carbocycles. The second kappa shape index (κ2) is 7.40. The van der Waals surface area contributed by atoms with Gasteiger partial charge in [-0.25, -0.2) is 0 Å². The normalized spacial score (nSPS) is 11.5. The summed E-state index contributed by atoms with van der Waals surface area (Å²) < 4.78 is 0. The number of carbonyl (C=O) groups is 2. The third kappa shape index (κ3) is 5.03. The summed E-state index contributed by atoms with van der Waals surface area (Å²) in [6.45, 7) is 5.33. The fraction of sp³-hybridized carbons (Fsp3) is 0.389. The van der Waals surface area contributed by atoms with Crippen LogP contribution in [0.25, 0.3) is 10.9 Å². The molecule has 0 aliphatic heterocycles. The zero-order valence-corrected chi connectivity index (χ0v) is 14.6. The highest BCUT2D eigenvalue weighted by atomic mass is 16.2. The summed E-state index contributed by atoms with van der Waals surface area (Å²) in [5.41, 5.74) is 1.29. The van der Waals surface area contributed by atoms with E-state index in [4.69, 9.17) is 0 Å². The molecule has 1 aromatic heterocycles. The number of nitrogens with zero attached hydrogens (tertiary/aromatic N) is 2. The van der Waals surface area contributed by atoms with E-state index in [-0.39, 0.29) is 5.41 Å². The van der Waals surface area contributed by atoms with Crippen LogP contribution < -0.4 is 10.6 Å². The van der Waals surface area contributed by atoms with Crippen LogP contribution in [0, 0.1) is 5.41 Å². The lowest BCUT2D eigenvalue weighted by Crippen LogP contribution is -2.43. The summed E-state index contributed by atoms with van der Waals surface area (Å²) >= 11 is 0. The Labute approximate surface area is 142 Å². The van der Waals surface area contributed by atoms with E-state index < -0.39 is 11.8 Å². The maximum Gasteiger partial charge on any atom is 0.313 e. The van der Waals surface area contributed by atoms with E-state index >= 15 is 0 Å². The highest BCUT2D eigenvalue weighted by molar-refractivity contribution is 6.39. The Bertz CT molecular complexity index is 741. The van der Waals surface area contributed by atoms with Gasteiger partial charge in [-0.3, -0.25) is 14.6 Å². The van der Waals surface area contributed by atoms with Gasteiger partial charge in [-0.15, -0.1) is 0 Å². The fourth-order valence-corrected chi connectivity index (χ4v) is 2.65. The van der Waals surface area contributed by atoms with E-state index in [0.29, 0.717) is 12.2 Å². The molecule has 0 spiro atoms. The van der Waals surface area contributed by atoms with Gasteiger partial charge >= 0.3 is 11.8 Å². The van der Waals surface area contributed by atoms with Crippen molar-refractivity contribution in [1.29, 1.82) is 0 Å². The number of pyridine rings is 1. The van der Waals surface area contributed by atoms with Crippen LogP contribution in [0.1, 0.15) is 13.8 Å². The molecule has 1 heterocycles. The zero-order valence-electron chi connectivity index (χ0n) is 14.6. The van der Waals surface area contributed by atoms with Crippen LogP contribution in [0.3, 0.4) is 0 Å². The Morgan fingerprint density at radius 3 is 2.62 bits per heavy atom.